The maximum Gasteiger partial charge on any atom is 0.433 e. The third kappa shape index (κ3) is 11.2. The Bertz CT molecular complexity index is 922. The Kier molecular flexibility index (Phi) is 13.0. The van der Waals surface area contributed by atoms with Crippen LogP contribution in [0.2, 0.25) is 0 Å². The molecule has 1 aromatic carbocycles. The van der Waals surface area contributed by atoms with E-state index in [1.54, 1.807) is 18.2 Å². The summed E-state index contributed by atoms with van der Waals surface area (Å²) in [4.78, 5) is 3.25. The molecule has 190 valence electrons. The molecule has 0 radical (unpaired) electrons. The molecule has 0 spiro atoms. The molecule has 4 nitrogen and oxygen atoms in total. The molecule has 2 aromatic rings. The number of alkyl halides is 6. The monoisotopic (exact) mass is 533 g/mol. The van der Waals surface area contributed by atoms with E-state index in [-0.39, 0.29) is 31.0 Å². The van der Waals surface area contributed by atoms with Gasteiger partial charge in [0.1, 0.15) is 28.3 Å². The van der Waals surface area contributed by atoms with Crippen molar-refractivity contribution in [3.8, 4) is 17.4 Å². The standard InChI is InChI=1S/C20H18Cl2F5NO3.C2H5F/c1-12-9-14(29-8-5-17(21)22)3-4-15(12)30-6-2-7-31-18-11-13(19(23)24)10-16(28-18)20(25,26)27;1-2-3/h3-5,9-11,19H,2,6-8H2,1H3;2H2,1H3. The fourth-order valence-electron chi connectivity index (χ4n) is 2.36. The Hall–Kier alpha value is -2.33. The van der Waals surface area contributed by atoms with Gasteiger partial charge in [-0.25, -0.2) is 13.8 Å². The lowest BCUT2D eigenvalue weighted by molar-refractivity contribution is -0.141. The van der Waals surface area contributed by atoms with Gasteiger partial charge < -0.3 is 14.2 Å². The predicted molar refractivity (Wildman–Crippen MR) is 118 cm³/mol. The van der Waals surface area contributed by atoms with Crippen molar-refractivity contribution in [2.24, 2.45) is 0 Å². The lowest BCUT2D eigenvalue weighted by Crippen LogP contribution is -2.12. The number of ether oxygens (including phenoxy) is 3. The minimum Gasteiger partial charge on any atom is -0.493 e. The number of hydrogen-bond donors (Lipinski definition) is 0. The van der Waals surface area contributed by atoms with Crippen molar-refractivity contribution in [2.75, 3.05) is 26.5 Å². The van der Waals surface area contributed by atoms with Gasteiger partial charge in [0, 0.05) is 18.1 Å². The van der Waals surface area contributed by atoms with Gasteiger partial charge in [0.25, 0.3) is 6.43 Å². The van der Waals surface area contributed by atoms with E-state index in [2.05, 4.69) is 4.98 Å². The molecule has 0 aliphatic rings. The van der Waals surface area contributed by atoms with Crippen LogP contribution in [0.4, 0.5) is 26.3 Å². The summed E-state index contributed by atoms with van der Waals surface area (Å²) in [6, 6.07) is 6.22. The molecule has 12 heteroatoms. The van der Waals surface area contributed by atoms with Crippen molar-refractivity contribution >= 4 is 23.2 Å². The number of aryl methyl sites for hydroxylation is 1. The smallest absolute Gasteiger partial charge is 0.433 e. The van der Waals surface area contributed by atoms with Crippen LogP contribution in [-0.4, -0.2) is 31.5 Å². The number of rotatable bonds is 10. The normalized spacial score (nSPS) is 10.9. The molecular formula is C22H23Cl2F6NO3. The zero-order valence-corrected chi connectivity index (χ0v) is 19.8. The van der Waals surface area contributed by atoms with Crippen LogP contribution in [0.5, 0.6) is 17.4 Å². The second-order valence-corrected chi connectivity index (χ2v) is 7.48. The van der Waals surface area contributed by atoms with Crippen molar-refractivity contribution in [2.45, 2.75) is 32.9 Å². The van der Waals surface area contributed by atoms with Gasteiger partial charge in [-0.15, -0.1) is 0 Å². The molecule has 0 unspecified atom stereocenters. The Morgan fingerprint density at radius 2 is 1.71 bits per heavy atom. The maximum absolute atomic E-state index is 12.8. The first kappa shape index (κ1) is 29.7. The van der Waals surface area contributed by atoms with Crippen LogP contribution < -0.4 is 14.2 Å². The average molecular weight is 534 g/mol. The molecule has 34 heavy (non-hydrogen) atoms. The number of halogens is 8. The number of aromatic nitrogens is 1. The van der Waals surface area contributed by atoms with Gasteiger partial charge >= 0.3 is 6.18 Å². The van der Waals surface area contributed by atoms with Crippen LogP contribution in [-0.2, 0) is 6.18 Å². The first-order chi connectivity index (χ1) is 16.0. The van der Waals surface area contributed by atoms with Crippen LogP contribution in [0.3, 0.4) is 0 Å². The van der Waals surface area contributed by atoms with Crippen LogP contribution in [0.15, 0.2) is 40.9 Å². The highest BCUT2D eigenvalue weighted by molar-refractivity contribution is 6.55. The molecule has 0 amide bonds. The molecular weight excluding hydrogens is 511 g/mol. The average Bonchev–Trinajstić information content (AvgIpc) is 2.74. The van der Waals surface area contributed by atoms with Gasteiger partial charge in [-0.3, -0.25) is 4.39 Å². The fraction of sp³-hybridized carbons (Fsp3) is 0.409. The number of pyridine rings is 1. The molecule has 0 atom stereocenters. The lowest BCUT2D eigenvalue weighted by Gasteiger charge is -2.13. The summed E-state index contributed by atoms with van der Waals surface area (Å²) in [5.41, 5.74) is -1.45. The minimum absolute atomic E-state index is 0.0667. The third-order valence-corrected chi connectivity index (χ3v) is 4.11. The van der Waals surface area contributed by atoms with Gasteiger partial charge in [-0.05, 0) is 49.8 Å². The Labute approximate surface area is 203 Å². The van der Waals surface area contributed by atoms with E-state index < -0.39 is 29.7 Å². The molecule has 1 aromatic heterocycles. The highest BCUT2D eigenvalue weighted by atomic mass is 35.5. The van der Waals surface area contributed by atoms with Gasteiger partial charge in [0.15, 0.2) is 0 Å². The summed E-state index contributed by atoms with van der Waals surface area (Å²) in [5, 5.41) is 0. The minimum atomic E-state index is -4.86. The van der Waals surface area contributed by atoms with Crippen LogP contribution in [0, 0.1) is 6.92 Å². The van der Waals surface area contributed by atoms with E-state index >= 15 is 0 Å². The lowest BCUT2D eigenvalue weighted by atomic mass is 10.2. The van der Waals surface area contributed by atoms with Crippen molar-refractivity contribution in [1.82, 2.24) is 4.98 Å². The van der Waals surface area contributed by atoms with Gasteiger partial charge in [0.2, 0.25) is 5.88 Å². The molecule has 1 heterocycles. The molecule has 2 rings (SSSR count). The molecule has 0 aliphatic heterocycles. The predicted octanol–water partition coefficient (Wildman–Crippen LogP) is 7.87. The van der Waals surface area contributed by atoms with Crippen molar-refractivity contribution in [3.05, 3.63) is 57.7 Å². The van der Waals surface area contributed by atoms with E-state index in [9.17, 15) is 26.3 Å². The van der Waals surface area contributed by atoms with E-state index in [0.717, 1.165) is 11.6 Å². The zero-order valence-electron chi connectivity index (χ0n) is 18.3. The summed E-state index contributed by atoms with van der Waals surface area (Å²) in [7, 11) is 0. The van der Waals surface area contributed by atoms with Crippen molar-refractivity contribution in [1.29, 1.82) is 0 Å². The first-order valence-electron chi connectivity index (χ1n) is 9.91. The molecule has 0 aliphatic carbocycles. The Balaban J connectivity index is 0.00000182. The summed E-state index contributed by atoms with van der Waals surface area (Å²) in [6.45, 7) is 3.34. The molecule has 0 saturated carbocycles. The van der Waals surface area contributed by atoms with Gasteiger partial charge in [-0.2, -0.15) is 13.2 Å². The Morgan fingerprint density at radius 3 is 2.26 bits per heavy atom. The number of hydrogen-bond acceptors (Lipinski definition) is 4. The quantitative estimate of drug-likeness (QED) is 0.230. The highest BCUT2D eigenvalue weighted by Crippen LogP contribution is 2.32. The molecule has 0 saturated heterocycles. The van der Waals surface area contributed by atoms with E-state index in [0.29, 0.717) is 24.0 Å². The number of nitrogens with zero attached hydrogens (tertiary/aromatic N) is 1. The van der Waals surface area contributed by atoms with Crippen molar-refractivity contribution in [3.63, 3.8) is 0 Å². The van der Waals surface area contributed by atoms with Crippen LogP contribution >= 0.6 is 23.2 Å². The fourth-order valence-corrected chi connectivity index (χ4v) is 2.49. The Morgan fingerprint density at radius 1 is 1.06 bits per heavy atom. The van der Waals surface area contributed by atoms with Crippen LogP contribution in [0.25, 0.3) is 0 Å². The third-order valence-electron chi connectivity index (χ3n) is 3.80. The largest absolute Gasteiger partial charge is 0.493 e. The summed E-state index contributed by atoms with van der Waals surface area (Å²) in [6.07, 6.45) is -6.15. The SMILES string of the molecule is CCF.Cc1cc(OCC=C(Cl)Cl)ccc1OCCCOc1cc(C(F)F)cc(C(F)(F)F)n1. The zero-order chi connectivity index (χ0) is 25.7. The molecule has 0 fully saturated rings. The second kappa shape index (κ2) is 14.8. The first-order valence-corrected chi connectivity index (χ1v) is 10.7. The summed E-state index contributed by atoms with van der Waals surface area (Å²) < 4.78 is 90.6. The topological polar surface area (TPSA) is 40.6 Å². The summed E-state index contributed by atoms with van der Waals surface area (Å²) >= 11 is 11.0. The van der Waals surface area contributed by atoms with E-state index in [1.807, 2.05) is 6.92 Å². The van der Waals surface area contributed by atoms with E-state index in [4.69, 9.17) is 37.4 Å². The van der Waals surface area contributed by atoms with Crippen molar-refractivity contribution < 1.29 is 40.6 Å². The van der Waals surface area contributed by atoms with Gasteiger partial charge in [0.05, 0.1) is 19.9 Å². The highest BCUT2D eigenvalue weighted by Gasteiger charge is 2.34. The number of benzene rings is 1. The summed E-state index contributed by atoms with van der Waals surface area (Å²) in [5.74, 6) is 0.647. The maximum atomic E-state index is 12.8. The molecule has 0 bridgehead atoms. The second-order valence-electron chi connectivity index (χ2n) is 6.47. The molecule has 0 N–H and O–H groups in total. The van der Waals surface area contributed by atoms with Crippen LogP contribution in [0.1, 0.15) is 36.6 Å². The van der Waals surface area contributed by atoms with Gasteiger partial charge in [-0.1, -0.05) is 23.2 Å². The van der Waals surface area contributed by atoms with E-state index in [1.165, 1.54) is 13.0 Å².